The van der Waals surface area contributed by atoms with Crippen LogP contribution < -0.4 is 0 Å². The first-order valence-electron chi connectivity index (χ1n) is 5.47. The van der Waals surface area contributed by atoms with E-state index in [4.69, 9.17) is 4.55 Å². The molecule has 0 saturated heterocycles. The van der Waals surface area contributed by atoms with E-state index in [9.17, 15) is 9.00 Å². The number of carbonyl (C=O) groups is 1. The van der Waals surface area contributed by atoms with Crippen LogP contribution in [0.4, 0.5) is 0 Å². The summed E-state index contributed by atoms with van der Waals surface area (Å²) < 4.78 is 24.5. The number of hydrogen-bond acceptors (Lipinski definition) is 4. The molecule has 1 atom stereocenters. The van der Waals surface area contributed by atoms with Crippen LogP contribution in [0.25, 0.3) is 0 Å². The van der Waals surface area contributed by atoms with E-state index in [2.05, 4.69) is 4.74 Å². The van der Waals surface area contributed by atoms with Gasteiger partial charge in [0.25, 0.3) is 0 Å². The van der Waals surface area contributed by atoms with Gasteiger partial charge in [-0.2, -0.15) is 0 Å². The van der Waals surface area contributed by atoms with Gasteiger partial charge in [0.2, 0.25) is 0 Å². The molecule has 0 aromatic heterocycles. The maximum atomic E-state index is 11.3. The summed E-state index contributed by atoms with van der Waals surface area (Å²) in [5.41, 5.74) is 0. The van der Waals surface area contributed by atoms with Crippen LogP contribution in [-0.2, 0) is 20.6 Å². The summed E-state index contributed by atoms with van der Waals surface area (Å²) in [7, 11) is 0. The average molecular weight is 261 g/mol. The smallest absolute Gasteiger partial charge is 0.349 e. The van der Waals surface area contributed by atoms with Gasteiger partial charge in [-0.05, 0) is 39.1 Å². The van der Waals surface area contributed by atoms with Crippen LogP contribution in [0.3, 0.4) is 0 Å². The third-order valence-corrected chi connectivity index (χ3v) is 2.70. The molecule has 0 aromatic carbocycles. The number of carbonyl (C=O) groups excluding carboxylic acids is 1. The molecule has 5 nitrogen and oxygen atoms in total. The van der Waals surface area contributed by atoms with Crippen LogP contribution in [0.5, 0.6) is 0 Å². The van der Waals surface area contributed by atoms with Crippen LogP contribution in [-0.4, -0.2) is 39.3 Å². The van der Waals surface area contributed by atoms with Crippen LogP contribution in [0.15, 0.2) is 23.3 Å². The van der Waals surface area contributed by atoms with Gasteiger partial charge in [0, 0.05) is 13.1 Å². The Labute approximate surface area is 104 Å². The molecule has 0 heterocycles. The number of nitrogens with zero attached hydrogens (tertiary/aromatic N) is 1. The van der Waals surface area contributed by atoms with Crippen molar-refractivity contribution in [2.45, 2.75) is 20.8 Å². The van der Waals surface area contributed by atoms with Crippen LogP contribution >= 0.6 is 0 Å². The molecule has 0 saturated carbocycles. The fourth-order valence-corrected chi connectivity index (χ4v) is 1.48. The summed E-state index contributed by atoms with van der Waals surface area (Å²) in [4.78, 5) is 13.0. The lowest BCUT2D eigenvalue weighted by atomic mass is 10.4. The molecule has 0 radical (unpaired) electrons. The highest BCUT2D eigenvalue weighted by Crippen LogP contribution is 2.03. The summed E-state index contributed by atoms with van der Waals surface area (Å²) in [5.74, 6) is -0.766. The predicted molar refractivity (Wildman–Crippen MR) is 67.5 cm³/mol. The highest BCUT2D eigenvalue weighted by atomic mass is 32.2. The van der Waals surface area contributed by atoms with Crippen molar-refractivity contribution in [3.63, 3.8) is 0 Å². The largest absolute Gasteiger partial charge is 0.462 e. The first-order valence-corrected chi connectivity index (χ1v) is 6.57. The molecule has 0 spiro atoms. The highest BCUT2D eigenvalue weighted by molar-refractivity contribution is 7.84. The number of hydrogen-bond donors (Lipinski definition) is 1. The average Bonchev–Trinajstić information content (AvgIpc) is 2.29. The predicted octanol–water partition coefficient (Wildman–Crippen LogP) is 1.51. The van der Waals surface area contributed by atoms with Crippen molar-refractivity contribution in [2.75, 3.05) is 19.7 Å². The van der Waals surface area contributed by atoms with Crippen LogP contribution in [0, 0.1) is 0 Å². The van der Waals surface area contributed by atoms with E-state index in [0.29, 0.717) is 0 Å². The summed E-state index contributed by atoms with van der Waals surface area (Å²) >= 11 is -2.34. The zero-order valence-corrected chi connectivity index (χ0v) is 11.2. The fourth-order valence-electron chi connectivity index (χ4n) is 1.09. The molecule has 6 heteroatoms. The maximum Gasteiger partial charge on any atom is 0.349 e. The first-order chi connectivity index (χ1) is 8.06. The number of rotatable bonds is 7. The number of esters is 1. The Morgan fingerprint density at radius 3 is 2.35 bits per heavy atom. The molecule has 0 aromatic rings. The minimum atomic E-state index is -2.34. The van der Waals surface area contributed by atoms with Crippen molar-refractivity contribution >= 4 is 17.0 Å². The first kappa shape index (κ1) is 15.9. The van der Waals surface area contributed by atoms with Crippen LogP contribution in [0.1, 0.15) is 20.8 Å². The second-order valence-electron chi connectivity index (χ2n) is 3.06. The van der Waals surface area contributed by atoms with Gasteiger partial charge in [-0.1, -0.05) is 0 Å². The Morgan fingerprint density at radius 2 is 1.94 bits per heavy atom. The van der Waals surface area contributed by atoms with E-state index in [1.54, 1.807) is 19.2 Å². The SMILES string of the molecule is CCOC(=O)C(=CC=CN(CC)CC)S(=O)O. The zero-order valence-electron chi connectivity index (χ0n) is 10.4. The fraction of sp³-hybridized carbons (Fsp3) is 0.545. The van der Waals surface area contributed by atoms with Gasteiger partial charge in [0.15, 0.2) is 16.0 Å². The molecule has 1 unspecified atom stereocenters. The summed E-state index contributed by atoms with van der Waals surface area (Å²) in [6.07, 6.45) is 4.62. The summed E-state index contributed by atoms with van der Waals surface area (Å²) in [5, 5.41) is 0. The van der Waals surface area contributed by atoms with E-state index in [0.717, 1.165) is 13.1 Å². The Hall–Kier alpha value is -1.14. The lowest BCUT2D eigenvalue weighted by molar-refractivity contribution is -0.137. The number of ether oxygens (including phenoxy) is 1. The molecule has 0 aliphatic carbocycles. The monoisotopic (exact) mass is 261 g/mol. The van der Waals surface area contributed by atoms with E-state index in [-0.39, 0.29) is 11.5 Å². The van der Waals surface area contributed by atoms with Gasteiger partial charge in [0.1, 0.15) is 0 Å². The third-order valence-electron chi connectivity index (χ3n) is 2.02. The standard InChI is InChI=1S/C11H19NO4S/c1-4-12(5-2)9-7-8-10(17(14)15)11(13)16-6-3/h7-9H,4-6H2,1-3H3,(H,14,15). The second kappa shape index (κ2) is 8.95. The molecular weight excluding hydrogens is 242 g/mol. The Kier molecular flexibility index (Phi) is 8.35. The molecule has 98 valence electrons. The molecule has 0 rings (SSSR count). The van der Waals surface area contributed by atoms with Gasteiger partial charge in [-0.3, -0.25) is 0 Å². The van der Waals surface area contributed by atoms with Crippen molar-refractivity contribution < 1.29 is 18.3 Å². The lowest BCUT2D eigenvalue weighted by Crippen LogP contribution is -2.15. The highest BCUT2D eigenvalue weighted by Gasteiger charge is 2.15. The Balaban J connectivity index is 4.72. The molecule has 0 aliphatic rings. The zero-order chi connectivity index (χ0) is 13.3. The van der Waals surface area contributed by atoms with E-state index >= 15 is 0 Å². The van der Waals surface area contributed by atoms with Crippen molar-refractivity contribution in [2.24, 2.45) is 0 Å². The van der Waals surface area contributed by atoms with E-state index in [1.807, 2.05) is 18.7 Å². The number of allylic oxidation sites excluding steroid dienone is 2. The minimum Gasteiger partial charge on any atom is -0.462 e. The summed E-state index contributed by atoms with van der Waals surface area (Å²) in [6.45, 7) is 7.46. The molecule has 0 amide bonds. The second-order valence-corrected chi connectivity index (χ2v) is 4.00. The van der Waals surface area contributed by atoms with E-state index < -0.39 is 17.0 Å². The Morgan fingerprint density at radius 1 is 1.35 bits per heavy atom. The molecule has 0 aliphatic heterocycles. The molecule has 0 bridgehead atoms. The third kappa shape index (κ3) is 6.23. The molecular formula is C11H19NO4S. The van der Waals surface area contributed by atoms with Gasteiger partial charge in [0.05, 0.1) is 6.61 Å². The Bertz CT molecular complexity index is 321. The van der Waals surface area contributed by atoms with Crippen molar-refractivity contribution in [3.8, 4) is 0 Å². The molecule has 1 N–H and O–H groups in total. The van der Waals surface area contributed by atoms with Gasteiger partial charge < -0.3 is 14.2 Å². The van der Waals surface area contributed by atoms with Gasteiger partial charge in [-0.25, -0.2) is 9.00 Å². The quantitative estimate of drug-likeness (QED) is 0.326. The minimum absolute atomic E-state index is 0.174. The van der Waals surface area contributed by atoms with Gasteiger partial charge in [-0.15, -0.1) is 0 Å². The molecule has 17 heavy (non-hydrogen) atoms. The normalized spacial score (nSPS) is 13.8. The van der Waals surface area contributed by atoms with E-state index in [1.165, 1.54) is 6.08 Å². The topological polar surface area (TPSA) is 66.8 Å². The van der Waals surface area contributed by atoms with Crippen molar-refractivity contribution in [1.29, 1.82) is 0 Å². The van der Waals surface area contributed by atoms with Crippen molar-refractivity contribution in [3.05, 3.63) is 23.3 Å². The molecule has 0 fully saturated rings. The van der Waals surface area contributed by atoms with Gasteiger partial charge >= 0.3 is 5.97 Å². The van der Waals surface area contributed by atoms with Crippen molar-refractivity contribution in [1.82, 2.24) is 4.90 Å². The lowest BCUT2D eigenvalue weighted by Gasteiger charge is -2.13. The van der Waals surface area contributed by atoms with Crippen LogP contribution in [0.2, 0.25) is 0 Å². The summed E-state index contributed by atoms with van der Waals surface area (Å²) in [6, 6.07) is 0. The maximum absolute atomic E-state index is 11.3.